The predicted molar refractivity (Wildman–Crippen MR) is 136 cm³/mol. The summed E-state index contributed by atoms with van der Waals surface area (Å²) in [5, 5.41) is 11.9. The summed E-state index contributed by atoms with van der Waals surface area (Å²) in [5.41, 5.74) is 1.88. The number of carbonyl (C=O) groups excluding carboxylic acids is 2. The van der Waals surface area contributed by atoms with Crippen molar-refractivity contribution in [1.82, 2.24) is 9.80 Å². The molecule has 1 saturated heterocycles. The highest BCUT2D eigenvalue weighted by atomic mass is 35.5. The average Bonchev–Trinajstić information content (AvgIpc) is 3.02. The molecular weight excluding hydrogens is 475 g/mol. The minimum Gasteiger partial charge on any atom is -0.507 e. The Morgan fingerprint density at radius 3 is 2.41 bits per heavy atom. The zero-order chi connectivity index (χ0) is 25.2. The van der Waals surface area contributed by atoms with Crippen molar-refractivity contribution >= 4 is 40.7 Å². The minimum absolute atomic E-state index is 0.0254. The Hall–Kier alpha value is -2.54. The highest BCUT2D eigenvalue weighted by molar-refractivity contribution is 6.46. The van der Waals surface area contributed by atoms with Crippen LogP contribution in [0.2, 0.25) is 10.0 Å². The number of Topliss-reactive ketones (excluding diaryl/α,β-unsaturated/α-hetero) is 1. The molecule has 0 bridgehead atoms. The third-order valence-corrected chi connectivity index (χ3v) is 6.35. The molecule has 1 N–H and O–H groups in total. The van der Waals surface area contributed by atoms with Crippen LogP contribution in [0.1, 0.15) is 36.6 Å². The fraction of sp³-hybridized carbons (Fsp3) is 0.385. The average molecular weight is 505 g/mol. The minimum atomic E-state index is -0.785. The van der Waals surface area contributed by atoms with Gasteiger partial charge in [-0.25, -0.2) is 0 Å². The lowest BCUT2D eigenvalue weighted by Crippen LogP contribution is -2.35. The molecule has 2 aromatic rings. The van der Waals surface area contributed by atoms with Gasteiger partial charge in [-0.1, -0.05) is 43.1 Å². The maximum Gasteiger partial charge on any atom is 0.295 e. The molecule has 3 rings (SSSR count). The number of hydrogen-bond donors (Lipinski definition) is 1. The second-order valence-electron chi connectivity index (χ2n) is 9.15. The molecule has 34 heavy (non-hydrogen) atoms. The Kier molecular flexibility index (Phi) is 8.29. The summed E-state index contributed by atoms with van der Waals surface area (Å²) in [4.78, 5) is 29.5. The second-order valence-corrected chi connectivity index (χ2v) is 9.97. The summed E-state index contributed by atoms with van der Waals surface area (Å²) in [6.45, 7) is 7.42. The number of carbonyl (C=O) groups is 2. The van der Waals surface area contributed by atoms with Gasteiger partial charge in [0.15, 0.2) is 0 Å². The summed E-state index contributed by atoms with van der Waals surface area (Å²) in [6, 6.07) is 9.40. The number of aliphatic hydroxyl groups excluding tert-OH is 1. The molecule has 6 nitrogen and oxygen atoms in total. The third-order valence-electron chi connectivity index (χ3n) is 5.61. The van der Waals surface area contributed by atoms with E-state index in [9.17, 15) is 14.7 Å². The number of rotatable bonds is 8. The van der Waals surface area contributed by atoms with Crippen molar-refractivity contribution in [3.8, 4) is 5.75 Å². The number of ether oxygens (including phenoxy) is 1. The number of benzene rings is 2. The van der Waals surface area contributed by atoms with Crippen molar-refractivity contribution in [3.63, 3.8) is 0 Å². The molecule has 1 aliphatic heterocycles. The largest absolute Gasteiger partial charge is 0.507 e. The molecule has 1 atom stereocenters. The van der Waals surface area contributed by atoms with Gasteiger partial charge in [-0.2, -0.15) is 0 Å². The Morgan fingerprint density at radius 2 is 1.82 bits per heavy atom. The maximum atomic E-state index is 13.1. The number of ketones is 1. The van der Waals surface area contributed by atoms with Crippen LogP contribution in [0.25, 0.3) is 5.76 Å². The zero-order valence-corrected chi connectivity index (χ0v) is 21.6. The van der Waals surface area contributed by atoms with E-state index >= 15 is 0 Å². The number of nitrogens with zero attached hydrogens (tertiary/aromatic N) is 2. The number of likely N-dealkylation sites (N-methyl/N-ethyl adjacent to an activating group) is 1. The summed E-state index contributed by atoms with van der Waals surface area (Å²) in [5.74, 6) is -0.548. The van der Waals surface area contributed by atoms with Crippen molar-refractivity contribution in [2.24, 2.45) is 5.92 Å². The quantitative estimate of drug-likeness (QED) is 0.299. The topological polar surface area (TPSA) is 70.1 Å². The van der Waals surface area contributed by atoms with Crippen LogP contribution in [-0.4, -0.2) is 60.4 Å². The molecule has 0 aliphatic carbocycles. The number of likely N-dealkylation sites (tertiary alicyclic amines) is 1. The lowest BCUT2D eigenvalue weighted by atomic mass is 9.94. The van der Waals surface area contributed by atoms with E-state index in [-0.39, 0.29) is 11.3 Å². The fourth-order valence-electron chi connectivity index (χ4n) is 3.82. The van der Waals surface area contributed by atoms with E-state index in [0.29, 0.717) is 52.5 Å². The summed E-state index contributed by atoms with van der Waals surface area (Å²) in [6.07, 6.45) is 0. The molecule has 2 aromatic carbocycles. The highest BCUT2D eigenvalue weighted by Crippen LogP contribution is 2.41. The molecule has 0 aromatic heterocycles. The van der Waals surface area contributed by atoms with E-state index in [2.05, 4.69) is 13.8 Å². The molecule has 182 valence electrons. The first kappa shape index (κ1) is 26.1. The van der Waals surface area contributed by atoms with Gasteiger partial charge in [-0.3, -0.25) is 9.59 Å². The van der Waals surface area contributed by atoms with Crippen molar-refractivity contribution in [3.05, 3.63) is 68.7 Å². The van der Waals surface area contributed by atoms with E-state index in [1.807, 2.05) is 25.9 Å². The fourth-order valence-corrected chi connectivity index (χ4v) is 4.12. The Balaban J connectivity index is 2.10. The van der Waals surface area contributed by atoms with Crippen LogP contribution >= 0.6 is 23.2 Å². The third kappa shape index (κ3) is 5.57. The lowest BCUT2D eigenvalue weighted by molar-refractivity contribution is -0.140. The molecule has 0 saturated carbocycles. The van der Waals surface area contributed by atoms with Crippen molar-refractivity contribution < 1.29 is 19.4 Å². The normalized spacial score (nSPS) is 17.8. The monoisotopic (exact) mass is 504 g/mol. The SMILES string of the molecule is Cc1cc(C(O)=C2C(=O)C(=O)N(CCN(C)C)[C@H]2c2ccc(Cl)c(Cl)c2)ccc1OCC(C)C. The van der Waals surface area contributed by atoms with Crippen molar-refractivity contribution in [2.45, 2.75) is 26.8 Å². The van der Waals surface area contributed by atoms with Gasteiger partial charge in [-0.05, 0) is 68.4 Å². The molecule has 1 amide bonds. The predicted octanol–water partition coefficient (Wildman–Crippen LogP) is 5.32. The van der Waals surface area contributed by atoms with Crippen LogP contribution in [0.4, 0.5) is 0 Å². The number of hydrogen-bond acceptors (Lipinski definition) is 5. The summed E-state index contributed by atoms with van der Waals surface area (Å²) < 4.78 is 5.82. The first-order valence-corrected chi connectivity index (χ1v) is 11.9. The van der Waals surface area contributed by atoms with Gasteiger partial charge in [0.1, 0.15) is 11.5 Å². The van der Waals surface area contributed by atoms with Gasteiger partial charge >= 0.3 is 0 Å². The van der Waals surface area contributed by atoms with Crippen LogP contribution in [0, 0.1) is 12.8 Å². The van der Waals surface area contributed by atoms with E-state index in [1.165, 1.54) is 4.90 Å². The van der Waals surface area contributed by atoms with Crippen molar-refractivity contribution in [2.75, 3.05) is 33.8 Å². The molecule has 0 unspecified atom stereocenters. The Labute approximate surface area is 210 Å². The number of amides is 1. The number of aryl methyl sites for hydroxylation is 1. The summed E-state index contributed by atoms with van der Waals surface area (Å²) in [7, 11) is 3.77. The maximum absolute atomic E-state index is 13.1. The van der Waals surface area contributed by atoms with Crippen LogP contribution in [0.5, 0.6) is 5.75 Å². The zero-order valence-electron chi connectivity index (χ0n) is 20.1. The van der Waals surface area contributed by atoms with E-state index < -0.39 is 17.7 Å². The Bertz CT molecular complexity index is 1130. The molecule has 0 radical (unpaired) electrons. The first-order valence-electron chi connectivity index (χ1n) is 11.1. The number of halogens is 2. The van der Waals surface area contributed by atoms with Crippen LogP contribution in [0.3, 0.4) is 0 Å². The van der Waals surface area contributed by atoms with Gasteiger partial charge < -0.3 is 19.6 Å². The smallest absolute Gasteiger partial charge is 0.295 e. The lowest BCUT2D eigenvalue weighted by Gasteiger charge is -2.26. The molecule has 0 spiro atoms. The van der Waals surface area contributed by atoms with E-state index in [4.69, 9.17) is 27.9 Å². The first-order chi connectivity index (χ1) is 16.0. The van der Waals surface area contributed by atoms with Crippen LogP contribution < -0.4 is 4.74 Å². The van der Waals surface area contributed by atoms with Crippen LogP contribution in [0.15, 0.2) is 42.0 Å². The van der Waals surface area contributed by atoms with E-state index in [1.54, 1.807) is 36.4 Å². The second kappa shape index (κ2) is 10.8. The van der Waals surface area contributed by atoms with Gasteiger partial charge in [0.25, 0.3) is 11.7 Å². The van der Waals surface area contributed by atoms with E-state index in [0.717, 1.165) is 5.56 Å². The van der Waals surface area contributed by atoms with Crippen molar-refractivity contribution in [1.29, 1.82) is 0 Å². The summed E-state index contributed by atoms with van der Waals surface area (Å²) >= 11 is 12.4. The highest BCUT2D eigenvalue weighted by Gasteiger charge is 2.46. The van der Waals surface area contributed by atoms with Gasteiger partial charge in [0, 0.05) is 18.7 Å². The Morgan fingerprint density at radius 1 is 1.12 bits per heavy atom. The molecule has 1 heterocycles. The van der Waals surface area contributed by atoms with Gasteiger partial charge in [0.2, 0.25) is 0 Å². The van der Waals surface area contributed by atoms with Crippen LogP contribution in [-0.2, 0) is 9.59 Å². The van der Waals surface area contributed by atoms with Gasteiger partial charge in [0.05, 0.1) is 28.3 Å². The molecule has 1 aliphatic rings. The molecule has 1 fully saturated rings. The van der Waals surface area contributed by atoms with Gasteiger partial charge in [-0.15, -0.1) is 0 Å². The molecular formula is C26H30Cl2N2O4. The number of aliphatic hydroxyl groups is 1. The standard InChI is InChI=1S/C26H30Cl2N2O4/c1-15(2)14-34-21-9-7-18(12-16(21)3)24(31)22-23(17-6-8-19(27)20(28)13-17)30(11-10-29(4)5)26(33)25(22)32/h6-9,12-13,15,23,31H,10-11,14H2,1-5H3/t23-/m0/s1. The molecule has 8 heteroatoms.